The smallest absolute Gasteiger partial charge is 0.258 e. The Labute approximate surface area is 179 Å². The lowest BCUT2D eigenvalue weighted by Gasteiger charge is -2.13. The summed E-state index contributed by atoms with van der Waals surface area (Å²) in [6, 6.07) is 10.8. The number of carbonyl (C=O) groups excluding carboxylic acids is 1. The molecule has 0 saturated carbocycles. The van der Waals surface area contributed by atoms with Gasteiger partial charge in [-0.25, -0.2) is 18.2 Å². The maximum absolute atomic E-state index is 14.3. The first-order chi connectivity index (χ1) is 14.8. The van der Waals surface area contributed by atoms with Crippen LogP contribution in [0.25, 0.3) is 22.4 Å². The van der Waals surface area contributed by atoms with Gasteiger partial charge in [0.05, 0.1) is 22.2 Å². The van der Waals surface area contributed by atoms with E-state index in [1.807, 2.05) is 0 Å². The summed E-state index contributed by atoms with van der Waals surface area (Å²) in [5, 5.41) is 11.7. The Bertz CT molecular complexity index is 1410. The molecule has 31 heavy (non-hydrogen) atoms. The molecule has 154 valence electrons. The maximum atomic E-state index is 14.3. The minimum Gasteiger partial charge on any atom is -0.338 e. The minimum absolute atomic E-state index is 0.0580. The fourth-order valence-corrected chi connectivity index (χ4v) is 3.33. The van der Waals surface area contributed by atoms with Gasteiger partial charge in [-0.1, -0.05) is 11.6 Å². The Morgan fingerprint density at radius 3 is 2.65 bits per heavy atom. The third-order valence-electron chi connectivity index (χ3n) is 4.77. The van der Waals surface area contributed by atoms with Gasteiger partial charge in [-0.3, -0.25) is 4.79 Å². The van der Waals surface area contributed by atoms with Gasteiger partial charge in [0, 0.05) is 16.3 Å². The highest BCUT2D eigenvalue weighted by molar-refractivity contribution is 6.31. The number of carbonyl (C=O) groups is 1. The van der Waals surface area contributed by atoms with Gasteiger partial charge in [-0.2, -0.15) is 5.26 Å². The number of hydrogen-bond acceptors (Lipinski definition) is 3. The van der Waals surface area contributed by atoms with Crippen molar-refractivity contribution in [3.8, 4) is 17.5 Å². The van der Waals surface area contributed by atoms with E-state index in [1.54, 1.807) is 25.1 Å². The van der Waals surface area contributed by atoms with Gasteiger partial charge in [0.25, 0.3) is 5.91 Å². The SMILES string of the molecule is Cc1c(NC(=O)c2ccc(C#N)c(F)c2F)cc(F)cc1-c1nc2cc(Cl)ccc2[nH]1. The number of benzene rings is 3. The zero-order valence-electron chi connectivity index (χ0n) is 15.9. The monoisotopic (exact) mass is 440 g/mol. The van der Waals surface area contributed by atoms with Crippen LogP contribution in [0.1, 0.15) is 21.5 Å². The third kappa shape index (κ3) is 3.71. The Kier molecular flexibility index (Phi) is 5.13. The summed E-state index contributed by atoms with van der Waals surface area (Å²) >= 11 is 5.98. The Hall–Kier alpha value is -3.83. The van der Waals surface area contributed by atoms with Crippen molar-refractivity contribution < 1.29 is 18.0 Å². The molecule has 2 N–H and O–H groups in total. The van der Waals surface area contributed by atoms with E-state index >= 15 is 0 Å². The van der Waals surface area contributed by atoms with Gasteiger partial charge in [0.2, 0.25) is 0 Å². The van der Waals surface area contributed by atoms with Crippen molar-refractivity contribution in [2.75, 3.05) is 5.32 Å². The summed E-state index contributed by atoms with van der Waals surface area (Å²) in [5.74, 6) is -4.19. The summed E-state index contributed by atoms with van der Waals surface area (Å²) in [7, 11) is 0. The van der Waals surface area contributed by atoms with Crippen molar-refractivity contribution >= 4 is 34.2 Å². The first-order valence-corrected chi connectivity index (χ1v) is 9.31. The van der Waals surface area contributed by atoms with Gasteiger partial charge >= 0.3 is 0 Å². The predicted octanol–water partition coefficient (Wildman–Crippen LogP) is 5.73. The van der Waals surface area contributed by atoms with E-state index in [4.69, 9.17) is 16.9 Å². The normalized spacial score (nSPS) is 10.8. The Morgan fingerprint density at radius 1 is 1.13 bits per heavy atom. The van der Waals surface area contributed by atoms with Crippen LogP contribution >= 0.6 is 11.6 Å². The molecule has 0 bridgehead atoms. The summed E-state index contributed by atoms with van der Waals surface area (Å²) in [4.78, 5) is 20.0. The number of nitrogens with zero attached hydrogens (tertiary/aromatic N) is 2. The van der Waals surface area contributed by atoms with Crippen molar-refractivity contribution in [2.45, 2.75) is 6.92 Å². The molecule has 0 spiro atoms. The quantitative estimate of drug-likeness (QED) is 0.426. The van der Waals surface area contributed by atoms with Crippen LogP contribution in [0.5, 0.6) is 0 Å². The number of fused-ring (bicyclic) bond motifs is 1. The molecular formula is C22H12ClF3N4O. The fraction of sp³-hybridized carbons (Fsp3) is 0.0455. The Morgan fingerprint density at radius 2 is 1.90 bits per heavy atom. The number of anilines is 1. The number of aromatic nitrogens is 2. The number of H-pyrrole nitrogens is 1. The molecule has 0 aliphatic heterocycles. The van der Waals surface area contributed by atoms with Crippen LogP contribution in [0.2, 0.25) is 5.02 Å². The van der Waals surface area contributed by atoms with Crippen molar-refractivity contribution in [3.05, 3.63) is 81.6 Å². The number of amides is 1. The number of rotatable bonds is 3. The topological polar surface area (TPSA) is 81.6 Å². The molecule has 0 fully saturated rings. The molecule has 4 rings (SSSR count). The second-order valence-electron chi connectivity index (χ2n) is 6.73. The molecule has 1 aromatic heterocycles. The third-order valence-corrected chi connectivity index (χ3v) is 5.00. The predicted molar refractivity (Wildman–Crippen MR) is 110 cm³/mol. The molecular weight excluding hydrogens is 429 g/mol. The van der Waals surface area contributed by atoms with Crippen molar-refractivity contribution in [2.24, 2.45) is 0 Å². The van der Waals surface area contributed by atoms with E-state index in [0.29, 0.717) is 33.0 Å². The van der Waals surface area contributed by atoms with Crippen LogP contribution in [0, 0.1) is 35.7 Å². The maximum Gasteiger partial charge on any atom is 0.258 e. The fourth-order valence-electron chi connectivity index (χ4n) is 3.16. The number of nitrogens with one attached hydrogen (secondary N) is 2. The van der Waals surface area contributed by atoms with Crippen LogP contribution in [-0.2, 0) is 0 Å². The van der Waals surface area contributed by atoms with Crippen LogP contribution in [0.15, 0.2) is 42.5 Å². The Balaban J connectivity index is 1.73. The van der Waals surface area contributed by atoms with Crippen molar-refractivity contribution in [1.82, 2.24) is 9.97 Å². The molecule has 0 aliphatic rings. The van der Waals surface area contributed by atoms with E-state index in [0.717, 1.165) is 18.2 Å². The van der Waals surface area contributed by atoms with E-state index in [1.165, 1.54) is 12.1 Å². The average molecular weight is 441 g/mol. The lowest BCUT2D eigenvalue weighted by molar-refractivity contribution is 0.102. The molecule has 5 nitrogen and oxygen atoms in total. The van der Waals surface area contributed by atoms with Gasteiger partial charge in [-0.15, -0.1) is 0 Å². The molecule has 0 radical (unpaired) electrons. The van der Waals surface area contributed by atoms with E-state index in [-0.39, 0.29) is 5.69 Å². The number of hydrogen-bond donors (Lipinski definition) is 2. The molecule has 9 heteroatoms. The molecule has 4 aromatic rings. The average Bonchev–Trinajstić information content (AvgIpc) is 3.15. The molecule has 0 unspecified atom stereocenters. The van der Waals surface area contributed by atoms with Crippen molar-refractivity contribution in [3.63, 3.8) is 0 Å². The van der Waals surface area contributed by atoms with Crippen LogP contribution in [0.4, 0.5) is 18.9 Å². The second-order valence-corrected chi connectivity index (χ2v) is 7.16. The summed E-state index contributed by atoms with van der Waals surface area (Å²) in [6.45, 7) is 1.63. The van der Waals surface area contributed by atoms with E-state index in [9.17, 15) is 18.0 Å². The number of nitriles is 1. The highest BCUT2D eigenvalue weighted by Gasteiger charge is 2.21. The molecule has 0 saturated heterocycles. The van der Waals surface area contributed by atoms with Gasteiger partial charge in [-0.05, 0) is 55.0 Å². The summed E-state index contributed by atoms with van der Waals surface area (Å²) < 4.78 is 42.4. The number of aromatic amines is 1. The van der Waals surface area contributed by atoms with Crippen LogP contribution in [0.3, 0.4) is 0 Å². The second kappa shape index (κ2) is 7.78. The zero-order valence-corrected chi connectivity index (χ0v) is 16.6. The molecule has 3 aromatic carbocycles. The number of halogens is 4. The van der Waals surface area contributed by atoms with Gasteiger partial charge in [0.1, 0.15) is 17.7 Å². The molecule has 1 heterocycles. The summed E-state index contributed by atoms with van der Waals surface area (Å²) in [6.07, 6.45) is 0. The molecule has 1 amide bonds. The first-order valence-electron chi connectivity index (χ1n) is 8.93. The van der Waals surface area contributed by atoms with Crippen LogP contribution in [-0.4, -0.2) is 15.9 Å². The highest BCUT2D eigenvalue weighted by Crippen LogP contribution is 2.31. The first kappa shape index (κ1) is 20.4. The van der Waals surface area contributed by atoms with E-state index in [2.05, 4.69) is 15.3 Å². The standard InChI is InChI=1S/C22H12ClF3N4O/c1-10-15(21-28-16-5-3-12(23)6-18(16)29-21)7-13(24)8-17(10)30-22(31)14-4-2-11(9-27)19(25)20(14)26/h2-8H,1H3,(H,28,29)(H,30,31). The van der Waals surface area contributed by atoms with E-state index < -0.39 is 34.5 Å². The minimum atomic E-state index is -1.46. The largest absolute Gasteiger partial charge is 0.338 e. The lowest BCUT2D eigenvalue weighted by atomic mass is 10.0. The molecule has 0 aliphatic carbocycles. The molecule has 0 atom stereocenters. The highest BCUT2D eigenvalue weighted by atomic mass is 35.5. The van der Waals surface area contributed by atoms with Crippen LogP contribution < -0.4 is 5.32 Å². The zero-order chi connectivity index (χ0) is 22.3. The summed E-state index contributed by atoms with van der Waals surface area (Å²) in [5.41, 5.74) is 1.00. The van der Waals surface area contributed by atoms with Gasteiger partial charge < -0.3 is 10.3 Å². The number of imidazole rings is 1. The van der Waals surface area contributed by atoms with Gasteiger partial charge in [0.15, 0.2) is 11.6 Å². The lowest BCUT2D eigenvalue weighted by Crippen LogP contribution is -2.16. The van der Waals surface area contributed by atoms with Crippen molar-refractivity contribution in [1.29, 1.82) is 5.26 Å².